The first-order valence-corrected chi connectivity index (χ1v) is 8.05. The van der Waals surface area contributed by atoms with E-state index in [1.807, 2.05) is 4.90 Å². The molecule has 1 amide bonds. The van der Waals surface area contributed by atoms with Crippen molar-refractivity contribution in [2.45, 2.75) is 44.9 Å². The number of ether oxygens (including phenoxy) is 1. The average Bonchev–Trinajstić information content (AvgIpc) is 2.79. The number of methoxy groups -OCH3 is 1. The summed E-state index contributed by atoms with van der Waals surface area (Å²) >= 11 is 0. The molecule has 1 aromatic rings. The van der Waals surface area contributed by atoms with Gasteiger partial charge in [0.2, 0.25) is 0 Å². The molecule has 0 saturated carbocycles. The lowest BCUT2D eigenvalue weighted by Crippen LogP contribution is -2.36. The standard InChI is InChI=1S/C16H24N2O3/c1-20-11-12-6-4-5-9-18(10-12)16(19)15-13-7-2-3-8-14(13)21-17-15/h12H,2-11H2,1H3. The van der Waals surface area contributed by atoms with Crippen LogP contribution < -0.4 is 0 Å². The number of rotatable bonds is 3. The molecule has 5 heteroatoms. The predicted octanol–water partition coefficient (Wildman–Crippen LogP) is 2.44. The Labute approximate surface area is 125 Å². The maximum atomic E-state index is 12.8. The summed E-state index contributed by atoms with van der Waals surface area (Å²) < 4.78 is 10.7. The minimum atomic E-state index is 0.0462. The molecule has 2 heterocycles. The Morgan fingerprint density at radius 1 is 1.33 bits per heavy atom. The van der Waals surface area contributed by atoms with E-state index in [2.05, 4.69) is 5.16 Å². The molecule has 0 N–H and O–H groups in total. The fourth-order valence-electron chi connectivity index (χ4n) is 3.49. The van der Waals surface area contributed by atoms with Gasteiger partial charge < -0.3 is 14.2 Å². The summed E-state index contributed by atoms with van der Waals surface area (Å²) in [7, 11) is 1.73. The van der Waals surface area contributed by atoms with Crippen LogP contribution in [0.1, 0.15) is 53.9 Å². The van der Waals surface area contributed by atoms with E-state index in [9.17, 15) is 4.79 Å². The molecule has 0 bridgehead atoms. The zero-order chi connectivity index (χ0) is 14.7. The van der Waals surface area contributed by atoms with Gasteiger partial charge in [-0.3, -0.25) is 4.79 Å². The van der Waals surface area contributed by atoms with E-state index >= 15 is 0 Å². The van der Waals surface area contributed by atoms with E-state index in [-0.39, 0.29) is 5.91 Å². The van der Waals surface area contributed by atoms with E-state index in [1.165, 1.54) is 0 Å². The summed E-state index contributed by atoms with van der Waals surface area (Å²) in [6.07, 6.45) is 7.46. The predicted molar refractivity (Wildman–Crippen MR) is 78.3 cm³/mol. The van der Waals surface area contributed by atoms with Crippen molar-refractivity contribution < 1.29 is 14.1 Å². The summed E-state index contributed by atoms with van der Waals surface area (Å²) in [5.74, 6) is 1.40. The van der Waals surface area contributed by atoms with E-state index < -0.39 is 0 Å². The molecule has 0 spiro atoms. The quantitative estimate of drug-likeness (QED) is 0.858. The van der Waals surface area contributed by atoms with Gasteiger partial charge in [-0.25, -0.2) is 0 Å². The van der Waals surface area contributed by atoms with Gasteiger partial charge in [0.25, 0.3) is 5.91 Å². The number of carbonyl (C=O) groups excluding carboxylic acids is 1. The van der Waals surface area contributed by atoms with Crippen molar-refractivity contribution in [2.75, 3.05) is 26.8 Å². The fraction of sp³-hybridized carbons (Fsp3) is 0.750. The number of fused-ring (bicyclic) bond motifs is 1. The van der Waals surface area contributed by atoms with Crippen LogP contribution in [0.4, 0.5) is 0 Å². The van der Waals surface area contributed by atoms with Crippen molar-refractivity contribution in [1.82, 2.24) is 10.1 Å². The highest BCUT2D eigenvalue weighted by molar-refractivity contribution is 5.94. The molecule has 1 aliphatic heterocycles. The van der Waals surface area contributed by atoms with Gasteiger partial charge in [0, 0.05) is 32.2 Å². The summed E-state index contributed by atoms with van der Waals surface area (Å²) in [4.78, 5) is 14.7. The third-order valence-corrected chi connectivity index (χ3v) is 4.61. The SMILES string of the molecule is COCC1CCCCN(C(=O)c2noc3c2CCCC3)C1. The Balaban J connectivity index is 1.75. The highest BCUT2D eigenvalue weighted by Crippen LogP contribution is 2.26. The number of aromatic nitrogens is 1. The molecule has 1 aromatic heterocycles. The molecule has 1 saturated heterocycles. The van der Waals surface area contributed by atoms with Crippen LogP contribution in [0.5, 0.6) is 0 Å². The molecule has 3 rings (SSSR count). The van der Waals surface area contributed by atoms with Crippen LogP contribution in [0.2, 0.25) is 0 Å². The van der Waals surface area contributed by atoms with Gasteiger partial charge >= 0.3 is 0 Å². The summed E-state index contributed by atoms with van der Waals surface area (Å²) in [5, 5.41) is 4.08. The zero-order valence-electron chi connectivity index (χ0n) is 12.8. The number of nitrogens with zero attached hydrogens (tertiary/aromatic N) is 2. The molecule has 1 fully saturated rings. The third kappa shape index (κ3) is 3.12. The minimum absolute atomic E-state index is 0.0462. The summed E-state index contributed by atoms with van der Waals surface area (Å²) in [5.41, 5.74) is 1.61. The molecule has 0 radical (unpaired) electrons. The largest absolute Gasteiger partial charge is 0.384 e. The van der Waals surface area contributed by atoms with Crippen LogP contribution in [0.3, 0.4) is 0 Å². The second kappa shape index (κ2) is 6.60. The van der Waals surface area contributed by atoms with Gasteiger partial charge in [0.1, 0.15) is 5.76 Å². The van der Waals surface area contributed by atoms with Gasteiger partial charge in [-0.1, -0.05) is 11.6 Å². The van der Waals surface area contributed by atoms with E-state index in [0.717, 1.165) is 76.0 Å². The molecular formula is C16H24N2O3. The lowest BCUT2D eigenvalue weighted by atomic mass is 9.96. The molecule has 0 aromatic carbocycles. The van der Waals surface area contributed by atoms with Crippen molar-refractivity contribution >= 4 is 5.91 Å². The van der Waals surface area contributed by atoms with Crippen LogP contribution in [-0.4, -0.2) is 42.8 Å². The van der Waals surface area contributed by atoms with Crippen molar-refractivity contribution in [2.24, 2.45) is 5.92 Å². The average molecular weight is 292 g/mol. The maximum Gasteiger partial charge on any atom is 0.276 e. The molecular weight excluding hydrogens is 268 g/mol. The van der Waals surface area contributed by atoms with Gasteiger partial charge in [-0.05, 0) is 38.0 Å². The van der Waals surface area contributed by atoms with Gasteiger partial charge in [-0.15, -0.1) is 0 Å². The molecule has 1 atom stereocenters. The van der Waals surface area contributed by atoms with E-state index in [4.69, 9.17) is 9.26 Å². The topological polar surface area (TPSA) is 55.6 Å². The lowest BCUT2D eigenvalue weighted by molar-refractivity contribution is 0.0686. The Bertz CT molecular complexity index is 498. The Kier molecular flexibility index (Phi) is 4.58. The first-order chi connectivity index (χ1) is 10.3. The van der Waals surface area contributed by atoms with Crippen molar-refractivity contribution in [3.8, 4) is 0 Å². The number of amides is 1. The van der Waals surface area contributed by atoms with Crippen LogP contribution in [0.25, 0.3) is 0 Å². The molecule has 116 valence electrons. The van der Waals surface area contributed by atoms with E-state index in [0.29, 0.717) is 11.6 Å². The Hall–Kier alpha value is -1.36. The second-order valence-corrected chi connectivity index (χ2v) is 6.21. The number of hydrogen-bond donors (Lipinski definition) is 0. The fourth-order valence-corrected chi connectivity index (χ4v) is 3.49. The zero-order valence-corrected chi connectivity index (χ0v) is 12.8. The molecule has 1 unspecified atom stereocenters. The van der Waals surface area contributed by atoms with Crippen LogP contribution in [0.15, 0.2) is 4.52 Å². The van der Waals surface area contributed by atoms with Crippen molar-refractivity contribution in [3.05, 3.63) is 17.0 Å². The van der Waals surface area contributed by atoms with Crippen LogP contribution in [0, 0.1) is 5.92 Å². The molecule has 1 aliphatic carbocycles. The normalized spacial score (nSPS) is 22.7. The van der Waals surface area contributed by atoms with Gasteiger partial charge in [0.05, 0.1) is 6.61 Å². The lowest BCUT2D eigenvalue weighted by Gasteiger charge is -2.23. The molecule has 5 nitrogen and oxygen atoms in total. The number of likely N-dealkylation sites (tertiary alicyclic amines) is 1. The minimum Gasteiger partial charge on any atom is -0.384 e. The number of hydrogen-bond acceptors (Lipinski definition) is 4. The van der Waals surface area contributed by atoms with Gasteiger partial charge in [-0.2, -0.15) is 0 Å². The maximum absolute atomic E-state index is 12.8. The smallest absolute Gasteiger partial charge is 0.276 e. The highest BCUT2D eigenvalue weighted by atomic mass is 16.5. The van der Waals surface area contributed by atoms with Gasteiger partial charge in [0.15, 0.2) is 5.69 Å². The highest BCUT2D eigenvalue weighted by Gasteiger charge is 2.29. The van der Waals surface area contributed by atoms with Crippen LogP contribution in [-0.2, 0) is 17.6 Å². The summed E-state index contributed by atoms with van der Waals surface area (Å²) in [6.45, 7) is 2.32. The first kappa shape index (κ1) is 14.6. The first-order valence-electron chi connectivity index (χ1n) is 8.05. The second-order valence-electron chi connectivity index (χ2n) is 6.21. The Morgan fingerprint density at radius 3 is 3.05 bits per heavy atom. The van der Waals surface area contributed by atoms with Crippen molar-refractivity contribution in [3.63, 3.8) is 0 Å². The Morgan fingerprint density at radius 2 is 2.19 bits per heavy atom. The third-order valence-electron chi connectivity index (χ3n) is 4.61. The van der Waals surface area contributed by atoms with Crippen molar-refractivity contribution in [1.29, 1.82) is 0 Å². The van der Waals surface area contributed by atoms with E-state index in [1.54, 1.807) is 7.11 Å². The molecule has 2 aliphatic rings. The van der Waals surface area contributed by atoms with Crippen LogP contribution >= 0.6 is 0 Å². The summed E-state index contributed by atoms with van der Waals surface area (Å²) in [6, 6.07) is 0. The number of aryl methyl sites for hydroxylation is 1. The molecule has 21 heavy (non-hydrogen) atoms. The monoisotopic (exact) mass is 292 g/mol. The number of carbonyl (C=O) groups is 1.